The van der Waals surface area contributed by atoms with Crippen molar-refractivity contribution in [2.24, 2.45) is 7.05 Å². The predicted octanol–water partition coefficient (Wildman–Crippen LogP) is 6.87. The number of piperidine rings is 1. The first-order valence-electron chi connectivity index (χ1n) is 16.5. The minimum absolute atomic E-state index is 0.103. The lowest BCUT2D eigenvalue weighted by molar-refractivity contribution is -0.143. The van der Waals surface area contributed by atoms with Gasteiger partial charge in [0.05, 0.1) is 17.3 Å². The fraction of sp³-hybridized carbons (Fsp3) is 0.529. The number of hydrogen-bond donors (Lipinski definition) is 2. The van der Waals surface area contributed by atoms with Crippen LogP contribution < -0.4 is 4.90 Å². The Hall–Kier alpha value is -4.18. The van der Waals surface area contributed by atoms with Gasteiger partial charge in [-0.15, -0.1) is 0 Å². The van der Waals surface area contributed by atoms with Crippen molar-refractivity contribution < 1.29 is 46.1 Å². The van der Waals surface area contributed by atoms with Gasteiger partial charge in [-0.1, -0.05) is 19.9 Å². The van der Waals surface area contributed by atoms with E-state index in [9.17, 15) is 41.4 Å². The van der Waals surface area contributed by atoms with Crippen LogP contribution in [0.25, 0.3) is 11.1 Å². The van der Waals surface area contributed by atoms with Gasteiger partial charge in [-0.2, -0.15) is 31.4 Å². The maximum Gasteiger partial charge on any atom is 0.416 e. The lowest BCUT2D eigenvalue weighted by atomic mass is 9.87. The van der Waals surface area contributed by atoms with Gasteiger partial charge in [-0.05, 0) is 67.9 Å². The van der Waals surface area contributed by atoms with Gasteiger partial charge in [-0.3, -0.25) is 4.68 Å². The Morgan fingerprint density at radius 3 is 2.02 bits per heavy atom. The second kappa shape index (κ2) is 15.0. The number of alkyl halides is 6. The number of nitrogens with zero attached hydrogens (tertiary/aromatic N) is 6. The molecule has 2 aromatic heterocycles. The molecule has 272 valence electrons. The number of halogens is 6. The molecule has 50 heavy (non-hydrogen) atoms. The molecule has 1 aromatic carbocycles. The summed E-state index contributed by atoms with van der Waals surface area (Å²) in [6.45, 7) is 3.43. The molecule has 1 aliphatic heterocycles. The van der Waals surface area contributed by atoms with Crippen LogP contribution in [0.5, 0.6) is 0 Å². The second-order valence-electron chi connectivity index (χ2n) is 12.8. The lowest BCUT2D eigenvalue weighted by Gasteiger charge is -2.47. The first-order chi connectivity index (χ1) is 23.6. The van der Waals surface area contributed by atoms with E-state index in [1.54, 1.807) is 40.0 Å². The highest BCUT2D eigenvalue weighted by Gasteiger charge is 2.42. The summed E-state index contributed by atoms with van der Waals surface area (Å²) < 4.78 is 90.3. The minimum Gasteiger partial charge on any atom is -0.446 e. The number of ether oxygens (including phenoxy) is 1. The van der Waals surface area contributed by atoms with Gasteiger partial charge < -0.3 is 24.7 Å². The summed E-state index contributed by atoms with van der Waals surface area (Å²) in [5.41, 5.74) is -1.23. The Bertz CT molecular complexity index is 1610. The van der Waals surface area contributed by atoms with Gasteiger partial charge in [0.25, 0.3) is 0 Å². The van der Waals surface area contributed by atoms with Gasteiger partial charge in [0.1, 0.15) is 6.10 Å². The van der Waals surface area contributed by atoms with Crippen LogP contribution in [0.2, 0.25) is 0 Å². The summed E-state index contributed by atoms with van der Waals surface area (Å²) in [5, 5.41) is 23.0. The Balaban J connectivity index is 1.47. The van der Waals surface area contributed by atoms with Crippen molar-refractivity contribution in [1.29, 1.82) is 0 Å². The number of aliphatic hydroxyl groups is 2. The molecule has 2 N–H and O–H groups in total. The van der Waals surface area contributed by atoms with Crippen molar-refractivity contribution >= 4 is 12.0 Å². The molecule has 10 nitrogen and oxygen atoms in total. The molecule has 16 heteroatoms. The molecule has 1 fully saturated rings. The maximum absolute atomic E-state index is 13.8. The number of benzene rings is 1. The molecule has 2 aliphatic rings. The first-order valence-corrected chi connectivity index (χ1v) is 16.5. The van der Waals surface area contributed by atoms with Gasteiger partial charge in [-0.25, -0.2) is 14.8 Å². The highest BCUT2D eigenvalue weighted by Crippen LogP contribution is 2.39. The molecule has 0 spiro atoms. The molecule has 0 saturated carbocycles. The van der Waals surface area contributed by atoms with Crippen molar-refractivity contribution in [2.45, 2.75) is 108 Å². The number of amides is 1. The third kappa shape index (κ3) is 8.57. The minimum atomic E-state index is -5.01. The number of likely N-dealkylation sites (tertiary alicyclic amines) is 1. The number of anilines is 1. The number of rotatable bonds is 9. The normalized spacial score (nSPS) is 21.7. The molecule has 3 aromatic rings. The number of aromatic nitrogens is 4. The zero-order valence-electron chi connectivity index (χ0n) is 27.8. The third-order valence-electron chi connectivity index (χ3n) is 9.40. The van der Waals surface area contributed by atoms with Gasteiger partial charge in [0.2, 0.25) is 5.95 Å². The van der Waals surface area contributed by atoms with Crippen LogP contribution >= 0.6 is 0 Å². The van der Waals surface area contributed by atoms with Crippen LogP contribution in [0.1, 0.15) is 75.5 Å². The highest BCUT2D eigenvalue weighted by molar-refractivity contribution is 5.69. The van der Waals surface area contributed by atoms with Crippen molar-refractivity contribution in [2.75, 3.05) is 4.90 Å². The molecular weight excluding hydrogens is 670 g/mol. The van der Waals surface area contributed by atoms with Crippen LogP contribution in [0.15, 0.2) is 54.6 Å². The van der Waals surface area contributed by atoms with Gasteiger partial charge in [0, 0.05) is 67.9 Å². The molecule has 1 saturated heterocycles. The van der Waals surface area contributed by atoms with Crippen molar-refractivity contribution in [3.63, 3.8) is 0 Å². The van der Waals surface area contributed by atoms with E-state index in [4.69, 9.17) is 4.74 Å². The van der Waals surface area contributed by atoms with E-state index in [0.717, 1.165) is 5.56 Å². The topological polar surface area (TPSA) is 117 Å². The Morgan fingerprint density at radius 2 is 1.56 bits per heavy atom. The molecule has 1 aliphatic carbocycles. The number of aliphatic hydroxyl groups excluding tert-OH is 1. The van der Waals surface area contributed by atoms with E-state index in [1.807, 2.05) is 13.8 Å². The Kier molecular flexibility index (Phi) is 11.1. The third-order valence-corrected chi connectivity index (χ3v) is 9.40. The van der Waals surface area contributed by atoms with E-state index < -0.39 is 48.0 Å². The number of carbonyl (C=O) groups is 1. The summed E-state index contributed by atoms with van der Waals surface area (Å²) in [5.74, 6) is 0.116. The van der Waals surface area contributed by atoms with Crippen molar-refractivity contribution in [1.82, 2.24) is 24.6 Å². The number of hydrogen-bond acceptors (Lipinski definition) is 8. The van der Waals surface area contributed by atoms with Crippen molar-refractivity contribution in [3.05, 3.63) is 71.3 Å². The maximum atomic E-state index is 13.8. The Morgan fingerprint density at radius 1 is 0.960 bits per heavy atom. The molecule has 5 rings (SSSR count). The number of aryl methyl sites for hydroxylation is 1. The molecule has 0 radical (unpaired) electrons. The average molecular weight is 711 g/mol. The molecule has 3 heterocycles. The summed E-state index contributed by atoms with van der Waals surface area (Å²) in [7, 11) is 1.74. The van der Waals surface area contributed by atoms with Crippen LogP contribution in [-0.4, -0.2) is 71.5 Å². The van der Waals surface area contributed by atoms with Crippen molar-refractivity contribution in [3.8, 4) is 11.1 Å². The zero-order valence-corrected chi connectivity index (χ0v) is 27.8. The monoisotopic (exact) mass is 710 g/mol. The standard InChI is InChI=1S/C34H40F6N6O4/c1-4-26-13-28(14-27(5-2)46(26)32(49)50-29-8-6-21(7-9-29)30(47)48)45(31-41-15-22(16-42-31)23-17-43-44(3)19-23)18-20-10-24(33(35,36)37)12-25(11-20)34(38,39)40/h6,10-12,15-17,19,26-30,47-48H,4-5,7-9,13-14,18H2,1-3H3/t26-,27+,28?,29?. The summed E-state index contributed by atoms with van der Waals surface area (Å²) >= 11 is 0. The van der Waals surface area contributed by atoms with Crippen LogP contribution in [-0.2, 0) is 30.7 Å². The molecular formula is C34H40F6N6O4. The second-order valence-corrected chi connectivity index (χ2v) is 12.8. The van der Waals surface area contributed by atoms with Gasteiger partial charge >= 0.3 is 18.4 Å². The average Bonchev–Trinajstić information content (AvgIpc) is 3.52. The summed E-state index contributed by atoms with van der Waals surface area (Å²) in [6.07, 6.45) is -1.70. The van der Waals surface area contributed by atoms with Crippen LogP contribution in [0, 0.1) is 0 Å². The largest absolute Gasteiger partial charge is 0.446 e. The summed E-state index contributed by atoms with van der Waals surface area (Å²) in [6, 6.07) is 0.328. The predicted molar refractivity (Wildman–Crippen MR) is 170 cm³/mol. The smallest absolute Gasteiger partial charge is 0.416 e. The van der Waals surface area contributed by atoms with E-state index in [2.05, 4.69) is 15.1 Å². The van der Waals surface area contributed by atoms with Crippen LogP contribution in [0.4, 0.5) is 37.1 Å². The molecule has 2 unspecified atom stereocenters. The van der Waals surface area contributed by atoms with E-state index >= 15 is 0 Å². The molecule has 1 amide bonds. The Labute approximate surface area is 285 Å². The van der Waals surface area contributed by atoms with Crippen LogP contribution in [0.3, 0.4) is 0 Å². The molecule has 4 atom stereocenters. The van der Waals surface area contributed by atoms with E-state index in [-0.39, 0.29) is 36.2 Å². The highest BCUT2D eigenvalue weighted by atomic mass is 19.4. The first kappa shape index (κ1) is 37.1. The SMILES string of the molecule is CC[C@@H]1CC(N(Cc2cc(C(F)(F)F)cc(C(F)(F)F)c2)c2ncc(-c3cnn(C)c3)cn2)C[C@H](CC)N1C(=O)OC1CC=C(C(O)O)CC1. The lowest BCUT2D eigenvalue weighted by Crippen LogP contribution is -2.57. The summed E-state index contributed by atoms with van der Waals surface area (Å²) in [4.78, 5) is 26.0. The molecule has 0 bridgehead atoms. The van der Waals surface area contributed by atoms with Gasteiger partial charge in [0.15, 0.2) is 6.29 Å². The fourth-order valence-corrected chi connectivity index (χ4v) is 6.76. The van der Waals surface area contributed by atoms with E-state index in [0.29, 0.717) is 68.2 Å². The fourth-order valence-electron chi connectivity index (χ4n) is 6.76. The zero-order chi connectivity index (χ0) is 36.4. The van der Waals surface area contributed by atoms with E-state index in [1.165, 1.54) is 12.4 Å². The number of carbonyl (C=O) groups excluding carboxylic acids is 1. The quantitative estimate of drug-likeness (QED) is 0.141.